The van der Waals surface area contributed by atoms with Gasteiger partial charge in [-0.15, -0.1) is 20.9 Å². The van der Waals surface area contributed by atoms with Crippen LogP contribution in [-0.2, 0) is 6.42 Å². The summed E-state index contributed by atoms with van der Waals surface area (Å²) in [6.45, 7) is 3.05. The summed E-state index contributed by atoms with van der Waals surface area (Å²) in [5.74, 6) is 0. The Bertz CT molecular complexity index is 198. The molecule has 0 bridgehead atoms. The molecular weight excluding hydrogens is 173 g/mol. The molecule has 0 aliphatic carbocycles. The quantitative estimate of drug-likeness (QED) is 0.641. The van der Waals surface area contributed by atoms with Crippen molar-refractivity contribution >= 4 is 11.3 Å². The molecule has 1 nitrogen and oxygen atoms in total. The van der Waals surface area contributed by atoms with E-state index >= 15 is 0 Å². The summed E-state index contributed by atoms with van der Waals surface area (Å²) < 4.78 is 12.8. The Morgan fingerprint density at radius 2 is 2.33 bits per heavy atom. The van der Waals surface area contributed by atoms with Gasteiger partial charge in [0.2, 0.25) is 0 Å². The Morgan fingerprint density at radius 3 is 2.92 bits per heavy atom. The molecule has 0 aromatic carbocycles. The minimum atomic E-state index is 0.522. The Labute approximate surface area is 76.8 Å². The lowest BCUT2D eigenvalue weighted by atomic mass is 10.3. The maximum Gasteiger partial charge on any atom is 0.0338 e. The summed E-state index contributed by atoms with van der Waals surface area (Å²) in [6.07, 6.45) is 1.70. The zero-order valence-electron chi connectivity index (χ0n) is 7.29. The van der Waals surface area contributed by atoms with Crippen molar-refractivity contribution in [2.45, 2.75) is 19.8 Å². The summed E-state index contributed by atoms with van der Waals surface area (Å²) >= 11 is 1.69. The van der Waals surface area contributed by atoms with Crippen molar-refractivity contribution in [3.05, 3.63) is 22.4 Å². The van der Waals surface area contributed by atoms with Crippen LogP contribution in [0.5, 0.6) is 0 Å². The highest BCUT2D eigenvalue weighted by Crippen LogP contribution is 2.09. The smallest absolute Gasteiger partial charge is 0.0338 e. The van der Waals surface area contributed by atoms with Crippen LogP contribution in [0.1, 0.15) is 18.2 Å². The van der Waals surface area contributed by atoms with Gasteiger partial charge in [0.15, 0.2) is 0 Å². The monoisotopic (exact) mass is 187 g/mol. The predicted molar refractivity (Wildman–Crippen MR) is 51.0 cm³/mol. The van der Waals surface area contributed by atoms with Gasteiger partial charge < -0.3 is 0 Å². The normalized spacial score (nSPS) is 10.9. The second-order valence-corrected chi connectivity index (χ2v) is 3.77. The van der Waals surface area contributed by atoms with Crippen LogP contribution in [0.4, 0.5) is 4.48 Å². The summed E-state index contributed by atoms with van der Waals surface area (Å²) in [5.41, 5.74) is 0. The molecule has 1 heterocycles. The lowest BCUT2D eigenvalue weighted by molar-refractivity contribution is 0.0273. The first-order valence-corrected chi connectivity index (χ1v) is 5.14. The maximum absolute atomic E-state index is 12.8. The van der Waals surface area contributed by atoms with E-state index in [0.29, 0.717) is 13.1 Å². The molecule has 0 aliphatic heterocycles. The molecule has 0 amide bonds. The molecule has 1 aromatic rings. The highest BCUT2D eigenvalue weighted by atomic mass is 32.1. The van der Waals surface area contributed by atoms with Crippen LogP contribution in [0.25, 0.3) is 0 Å². The van der Waals surface area contributed by atoms with E-state index in [0.717, 1.165) is 18.0 Å². The third-order valence-corrected chi connectivity index (χ3v) is 2.58. The summed E-state index contributed by atoms with van der Waals surface area (Å²) in [6, 6.07) is 4.05. The molecular formula is C9H14FNS. The van der Waals surface area contributed by atoms with Crippen LogP contribution in [0.3, 0.4) is 0 Å². The minimum Gasteiger partial charge on any atom is -0.149 e. The van der Waals surface area contributed by atoms with Crippen molar-refractivity contribution in [3.8, 4) is 0 Å². The summed E-state index contributed by atoms with van der Waals surface area (Å²) in [7, 11) is 0. The highest BCUT2D eigenvalue weighted by Gasteiger charge is 2.01. The Morgan fingerprint density at radius 1 is 1.50 bits per heavy atom. The van der Waals surface area contributed by atoms with Crippen molar-refractivity contribution in [2.75, 3.05) is 13.1 Å². The predicted octanol–water partition coefficient (Wildman–Crippen LogP) is 2.89. The number of rotatable bonds is 5. The molecule has 0 spiro atoms. The first-order valence-electron chi connectivity index (χ1n) is 4.26. The van der Waals surface area contributed by atoms with Gasteiger partial charge in [-0.1, -0.05) is 13.0 Å². The van der Waals surface area contributed by atoms with Crippen molar-refractivity contribution in [3.63, 3.8) is 0 Å². The molecule has 0 saturated carbocycles. The van der Waals surface area contributed by atoms with Crippen LogP contribution in [-0.4, -0.2) is 18.2 Å². The van der Waals surface area contributed by atoms with Crippen molar-refractivity contribution in [2.24, 2.45) is 0 Å². The molecule has 0 atom stereocenters. The molecule has 3 heteroatoms. The van der Waals surface area contributed by atoms with E-state index in [2.05, 4.69) is 0 Å². The van der Waals surface area contributed by atoms with Crippen LogP contribution >= 0.6 is 11.3 Å². The fraction of sp³-hybridized carbons (Fsp3) is 0.556. The number of thiophene rings is 1. The number of nitrogens with zero attached hydrogens (tertiary/aromatic N) is 1. The minimum absolute atomic E-state index is 0.522. The maximum atomic E-state index is 12.8. The van der Waals surface area contributed by atoms with Crippen LogP contribution in [0.15, 0.2) is 17.5 Å². The Hall–Kier alpha value is -0.410. The van der Waals surface area contributed by atoms with Gasteiger partial charge in [0.25, 0.3) is 0 Å². The lowest BCUT2D eigenvalue weighted by Crippen LogP contribution is -2.17. The van der Waals surface area contributed by atoms with Crippen molar-refractivity contribution < 1.29 is 4.48 Å². The van der Waals surface area contributed by atoms with Gasteiger partial charge >= 0.3 is 0 Å². The van der Waals surface area contributed by atoms with Crippen molar-refractivity contribution in [1.29, 1.82) is 0 Å². The molecule has 0 radical (unpaired) electrons. The zero-order chi connectivity index (χ0) is 8.81. The van der Waals surface area contributed by atoms with Gasteiger partial charge in [-0.3, -0.25) is 0 Å². The molecule has 12 heavy (non-hydrogen) atoms. The molecule has 0 saturated heterocycles. The van der Waals surface area contributed by atoms with E-state index < -0.39 is 0 Å². The van der Waals surface area contributed by atoms with E-state index in [-0.39, 0.29) is 0 Å². The highest BCUT2D eigenvalue weighted by molar-refractivity contribution is 7.09. The number of halogens is 1. The van der Waals surface area contributed by atoms with Gasteiger partial charge in [-0.25, -0.2) is 0 Å². The van der Waals surface area contributed by atoms with Gasteiger partial charge in [-0.2, -0.15) is 0 Å². The Balaban J connectivity index is 2.17. The van der Waals surface area contributed by atoms with Gasteiger partial charge in [0.1, 0.15) is 0 Å². The third kappa shape index (κ3) is 3.32. The van der Waals surface area contributed by atoms with Gasteiger partial charge in [0, 0.05) is 18.0 Å². The average Bonchev–Trinajstić information content (AvgIpc) is 2.53. The van der Waals surface area contributed by atoms with E-state index in [1.807, 2.05) is 24.4 Å². The summed E-state index contributed by atoms with van der Waals surface area (Å²) in [5, 5.41) is 2.91. The van der Waals surface area contributed by atoms with Crippen molar-refractivity contribution in [1.82, 2.24) is 5.12 Å². The van der Waals surface area contributed by atoms with E-state index in [9.17, 15) is 4.48 Å². The fourth-order valence-electron chi connectivity index (χ4n) is 1.04. The fourth-order valence-corrected chi connectivity index (χ4v) is 1.74. The number of hydrogen-bond acceptors (Lipinski definition) is 2. The second-order valence-electron chi connectivity index (χ2n) is 2.74. The Kier molecular flexibility index (Phi) is 4.25. The summed E-state index contributed by atoms with van der Waals surface area (Å²) in [4.78, 5) is 1.26. The number of hydrogen-bond donors (Lipinski definition) is 0. The molecule has 68 valence electrons. The standard InChI is InChI=1S/C9H14FNS/c1-2-6-11(10)7-5-9-4-3-8-12-9/h3-4,8H,2,5-7H2,1H3. The lowest BCUT2D eigenvalue weighted by Gasteiger charge is -2.08. The SMILES string of the molecule is CCCN(F)CCc1cccs1. The molecule has 0 aliphatic rings. The first-order chi connectivity index (χ1) is 5.83. The molecule has 0 fully saturated rings. The van der Waals surface area contributed by atoms with Crippen LogP contribution < -0.4 is 0 Å². The first kappa shape index (κ1) is 9.68. The molecule has 1 aromatic heterocycles. The van der Waals surface area contributed by atoms with Crippen LogP contribution in [0, 0.1) is 0 Å². The third-order valence-electron chi connectivity index (χ3n) is 1.65. The van der Waals surface area contributed by atoms with Crippen LogP contribution in [0.2, 0.25) is 0 Å². The molecule has 1 rings (SSSR count). The average molecular weight is 187 g/mol. The van der Waals surface area contributed by atoms with Gasteiger partial charge in [0.05, 0.1) is 0 Å². The van der Waals surface area contributed by atoms with E-state index in [1.165, 1.54) is 4.88 Å². The zero-order valence-corrected chi connectivity index (χ0v) is 8.11. The van der Waals surface area contributed by atoms with Gasteiger partial charge in [-0.05, 0) is 24.3 Å². The second kappa shape index (κ2) is 5.27. The molecule has 0 unspecified atom stereocenters. The topological polar surface area (TPSA) is 3.24 Å². The largest absolute Gasteiger partial charge is 0.149 e. The van der Waals surface area contributed by atoms with E-state index in [4.69, 9.17) is 0 Å². The molecule has 0 N–H and O–H groups in total. The van der Waals surface area contributed by atoms with E-state index in [1.54, 1.807) is 11.3 Å².